The van der Waals surface area contributed by atoms with Gasteiger partial charge in [0, 0.05) is 23.2 Å². The number of para-hydroxylation sites is 1. The van der Waals surface area contributed by atoms with Crippen molar-refractivity contribution < 1.29 is 18.0 Å². The lowest BCUT2D eigenvalue weighted by atomic mass is 10.2. The number of nitrogens with zero attached hydrogens (tertiary/aromatic N) is 1. The summed E-state index contributed by atoms with van der Waals surface area (Å²) in [6.45, 7) is 0. The number of thioether (sulfide) groups is 1. The quantitative estimate of drug-likeness (QED) is 0.774. The van der Waals surface area contributed by atoms with E-state index in [4.69, 9.17) is 0 Å². The Kier molecular flexibility index (Phi) is 4.57. The fraction of sp³-hybridized carbons (Fsp3) is 0.133. The summed E-state index contributed by atoms with van der Waals surface area (Å²) in [7, 11) is 1.62. The van der Waals surface area contributed by atoms with Gasteiger partial charge in [-0.25, -0.2) is 0 Å². The molecule has 2 nitrogen and oxygen atoms in total. The number of carbonyl (C=O) groups is 1. The molecule has 0 saturated heterocycles. The molecule has 0 radical (unpaired) electrons. The van der Waals surface area contributed by atoms with Crippen molar-refractivity contribution in [1.82, 2.24) is 0 Å². The van der Waals surface area contributed by atoms with Gasteiger partial charge in [0.2, 0.25) is 0 Å². The number of hydrogen-bond acceptors (Lipinski definition) is 2. The van der Waals surface area contributed by atoms with Crippen LogP contribution in [0.3, 0.4) is 0 Å². The molecule has 0 aliphatic heterocycles. The first-order valence-corrected chi connectivity index (χ1v) is 6.87. The van der Waals surface area contributed by atoms with Crippen LogP contribution in [0.25, 0.3) is 0 Å². The van der Waals surface area contributed by atoms with E-state index >= 15 is 0 Å². The van der Waals surface area contributed by atoms with Crippen LogP contribution < -0.4 is 4.90 Å². The Hall–Kier alpha value is -1.95. The molecule has 0 unspecified atom stereocenters. The molecule has 21 heavy (non-hydrogen) atoms. The van der Waals surface area contributed by atoms with Gasteiger partial charge in [0.15, 0.2) is 0 Å². The maximum absolute atomic E-state index is 12.2. The molecule has 2 aromatic rings. The third kappa shape index (κ3) is 4.26. The van der Waals surface area contributed by atoms with Crippen LogP contribution in [0.15, 0.2) is 59.5 Å². The van der Waals surface area contributed by atoms with E-state index < -0.39 is 5.51 Å². The van der Waals surface area contributed by atoms with Crippen molar-refractivity contribution >= 4 is 23.4 Å². The zero-order valence-corrected chi connectivity index (χ0v) is 11.9. The molecule has 0 N–H and O–H groups in total. The molecule has 0 aromatic heterocycles. The predicted octanol–water partition coefficient (Wildman–Crippen LogP) is 4.58. The zero-order valence-electron chi connectivity index (χ0n) is 11.1. The van der Waals surface area contributed by atoms with E-state index in [-0.39, 0.29) is 22.6 Å². The highest BCUT2D eigenvalue weighted by Gasteiger charge is 2.29. The lowest BCUT2D eigenvalue weighted by Gasteiger charge is -2.17. The normalized spacial score (nSPS) is 11.2. The van der Waals surface area contributed by atoms with Gasteiger partial charge in [0.1, 0.15) is 0 Å². The average molecular weight is 311 g/mol. The van der Waals surface area contributed by atoms with Gasteiger partial charge < -0.3 is 4.90 Å². The van der Waals surface area contributed by atoms with Crippen molar-refractivity contribution in [3.8, 4) is 0 Å². The van der Waals surface area contributed by atoms with Crippen LogP contribution >= 0.6 is 11.8 Å². The number of hydrogen-bond donors (Lipinski definition) is 0. The van der Waals surface area contributed by atoms with Crippen LogP contribution in [0.5, 0.6) is 0 Å². The largest absolute Gasteiger partial charge is 0.446 e. The summed E-state index contributed by atoms with van der Waals surface area (Å²) in [5, 5.41) is 0. The molecule has 2 rings (SSSR count). The van der Waals surface area contributed by atoms with Gasteiger partial charge in [-0.05, 0) is 48.2 Å². The van der Waals surface area contributed by atoms with Crippen LogP contribution in [0.4, 0.5) is 18.9 Å². The lowest BCUT2D eigenvalue weighted by molar-refractivity contribution is -0.0328. The molecular formula is C15H12F3NOS. The highest BCUT2D eigenvalue weighted by Crippen LogP contribution is 2.36. The highest BCUT2D eigenvalue weighted by atomic mass is 32.2. The molecule has 0 aliphatic carbocycles. The van der Waals surface area contributed by atoms with E-state index in [0.717, 1.165) is 5.69 Å². The minimum absolute atomic E-state index is 0.0569. The van der Waals surface area contributed by atoms with Crippen molar-refractivity contribution in [1.29, 1.82) is 0 Å². The summed E-state index contributed by atoms with van der Waals surface area (Å²) in [6.07, 6.45) is 0. The number of anilines is 1. The molecule has 110 valence electrons. The standard InChI is InChI=1S/C15H12F3NOS/c1-19(12-5-3-2-4-6-12)14(20)11-7-9-13(10-8-11)21-15(16,17)18/h2-10H,1H3. The fourth-order valence-corrected chi connectivity index (χ4v) is 2.30. The Balaban J connectivity index is 2.13. The minimum atomic E-state index is -4.33. The van der Waals surface area contributed by atoms with Gasteiger partial charge >= 0.3 is 5.51 Å². The van der Waals surface area contributed by atoms with Crippen LogP contribution in [0.1, 0.15) is 10.4 Å². The van der Waals surface area contributed by atoms with E-state index in [0.29, 0.717) is 5.56 Å². The first-order valence-electron chi connectivity index (χ1n) is 6.06. The van der Waals surface area contributed by atoms with Crippen molar-refractivity contribution in [2.45, 2.75) is 10.4 Å². The van der Waals surface area contributed by atoms with E-state index in [1.165, 1.54) is 29.2 Å². The summed E-state index contributed by atoms with van der Waals surface area (Å²) in [5.41, 5.74) is -3.27. The van der Waals surface area contributed by atoms with E-state index in [1.807, 2.05) is 18.2 Å². The van der Waals surface area contributed by atoms with Crippen molar-refractivity contribution in [3.63, 3.8) is 0 Å². The summed E-state index contributed by atoms with van der Waals surface area (Å²) in [4.78, 5) is 13.7. The summed E-state index contributed by atoms with van der Waals surface area (Å²) >= 11 is -0.199. The van der Waals surface area contributed by atoms with Crippen LogP contribution in [0.2, 0.25) is 0 Å². The maximum atomic E-state index is 12.2. The summed E-state index contributed by atoms with van der Waals surface area (Å²) < 4.78 is 36.7. The van der Waals surface area contributed by atoms with Crippen LogP contribution in [0, 0.1) is 0 Å². The van der Waals surface area contributed by atoms with Crippen molar-refractivity contribution in [3.05, 3.63) is 60.2 Å². The number of benzene rings is 2. The van der Waals surface area contributed by atoms with E-state index in [9.17, 15) is 18.0 Å². The van der Waals surface area contributed by atoms with Crippen LogP contribution in [-0.4, -0.2) is 18.5 Å². The van der Waals surface area contributed by atoms with Crippen LogP contribution in [-0.2, 0) is 0 Å². The van der Waals surface area contributed by atoms with Gasteiger partial charge in [-0.15, -0.1) is 0 Å². The molecule has 0 saturated carbocycles. The topological polar surface area (TPSA) is 20.3 Å². The maximum Gasteiger partial charge on any atom is 0.446 e. The Morgan fingerprint density at radius 3 is 2.10 bits per heavy atom. The second-order valence-corrected chi connectivity index (χ2v) is 5.41. The highest BCUT2D eigenvalue weighted by molar-refractivity contribution is 8.00. The Bertz CT molecular complexity index is 611. The zero-order chi connectivity index (χ0) is 15.5. The molecule has 0 spiro atoms. The Labute approximate surface area is 124 Å². The predicted molar refractivity (Wildman–Crippen MR) is 77.5 cm³/mol. The second-order valence-electron chi connectivity index (χ2n) is 4.27. The van der Waals surface area contributed by atoms with Gasteiger partial charge in [0.05, 0.1) is 0 Å². The molecule has 0 fully saturated rings. The smallest absolute Gasteiger partial charge is 0.311 e. The number of carbonyl (C=O) groups excluding carboxylic acids is 1. The molecular weight excluding hydrogens is 299 g/mol. The molecule has 2 aromatic carbocycles. The lowest BCUT2D eigenvalue weighted by Crippen LogP contribution is -2.26. The summed E-state index contributed by atoms with van der Waals surface area (Å²) in [5.74, 6) is -0.273. The van der Waals surface area contributed by atoms with E-state index in [1.54, 1.807) is 19.2 Å². The van der Waals surface area contributed by atoms with Gasteiger partial charge in [0.25, 0.3) is 5.91 Å². The number of halogens is 3. The van der Waals surface area contributed by atoms with Crippen molar-refractivity contribution in [2.24, 2.45) is 0 Å². The number of amides is 1. The van der Waals surface area contributed by atoms with Crippen molar-refractivity contribution in [2.75, 3.05) is 11.9 Å². The third-order valence-electron chi connectivity index (χ3n) is 2.78. The van der Waals surface area contributed by atoms with Gasteiger partial charge in [-0.2, -0.15) is 13.2 Å². The van der Waals surface area contributed by atoms with Gasteiger partial charge in [-0.1, -0.05) is 18.2 Å². The molecule has 1 amide bonds. The first-order chi connectivity index (χ1) is 9.87. The Morgan fingerprint density at radius 2 is 1.57 bits per heavy atom. The van der Waals surface area contributed by atoms with Gasteiger partial charge in [-0.3, -0.25) is 4.79 Å². The monoisotopic (exact) mass is 311 g/mol. The molecule has 0 bridgehead atoms. The molecule has 0 aliphatic rings. The molecule has 0 atom stereocenters. The third-order valence-corrected chi connectivity index (χ3v) is 3.52. The SMILES string of the molecule is CN(C(=O)c1ccc(SC(F)(F)F)cc1)c1ccccc1. The number of rotatable bonds is 3. The summed E-state index contributed by atoms with van der Waals surface area (Å²) in [6, 6.07) is 14.4. The molecule has 0 heterocycles. The average Bonchev–Trinajstić information content (AvgIpc) is 2.46. The first kappa shape index (κ1) is 15.4. The minimum Gasteiger partial charge on any atom is -0.311 e. The Morgan fingerprint density at radius 1 is 1.00 bits per heavy atom. The molecule has 6 heteroatoms. The number of alkyl halides is 3. The second kappa shape index (κ2) is 6.22. The van der Waals surface area contributed by atoms with E-state index in [2.05, 4.69) is 0 Å². The fourth-order valence-electron chi connectivity index (χ4n) is 1.76.